The summed E-state index contributed by atoms with van der Waals surface area (Å²) < 4.78 is 4.84. The average Bonchev–Trinajstić information content (AvgIpc) is 1.80. The van der Waals surface area contributed by atoms with Gasteiger partial charge >= 0.3 is 5.97 Å². The molecule has 0 bridgehead atoms. The molecule has 0 N–H and O–H groups in total. The number of ether oxygens (including phenoxy) is 1. The summed E-state index contributed by atoms with van der Waals surface area (Å²) in [5, 5.41) is 0.506. The third-order valence-corrected chi connectivity index (χ3v) is 2.43. The highest BCUT2D eigenvalue weighted by molar-refractivity contribution is 8.01. The lowest BCUT2D eigenvalue weighted by molar-refractivity contribution is -0.143. The van der Waals surface area contributed by atoms with Gasteiger partial charge in [-0.3, -0.25) is 4.79 Å². The fraction of sp³-hybridized carbons (Fsp3) is 0.833. The second-order valence-corrected chi connectivity index (χ2v) is 4.00. The fourth-order valence-corrected chi connectivity index (χ4v) is 1.78. The Bertz CT molecular complexity index is 124. The fourth-order valence-electron chi connectivity index (χ4n) is 0.760. The first-order valence-electron chi connectivity index (χ1n) is 3.02. The van der Waals surface area contributed by atoms with Crippen LogP contribution >= 0.6 is 11.8 Å². The highest BCUT2D eigenvalue weighted by Crippen LogP contribution is 2.23. The number of hydrogen-bond acceptors (Lipinski definition) is 3. The van der Waals surface area contributed by atoms with Crippen molar-refractivity contribution in [2.75, 3.05) is 6.61 Å². The van der Waals surface area contributed by atoms with Crippen LogP contribution < -0.4 is 0 Å². The van der Waals surface area contributed by atoms with Crippen molar-refractivity contribution in [2.45, 2.75) is 24.3 Å². The molecule has 1 rings (SSSR count). The Balaban J connectivity index is 2.44. The lowest BCUT2D eigenvalue weighted by Gasteiger charge is -2.22. The van der Waals surface area contributed by atoms with E-state index in [0.29, 0.717) is 11.9 Å². The summed E-state index contributed by atoms with van der Waals surface area (Å²) in [5.41, 5.74) is 0. The monoisotopic (exact) mass is 146 g/mol. The maximum absolute atomic E-state index is 10.7. The topological polar surface area (TPSA) is 26.3 Å². The van der Waals surface area contributed by atoms with Gasteiger partial charge in [0, 0.05) is 5.25 Å². The van der Waals surface area contributed by atoms with E-state index in [2.05, 4.69) is 6.92 Å². The minimum absolute atomic E-state index is 0.0359. The number of cyclic esters (lactones) is 1. The standard InChI is InChI=1S/C6H10O2S/c1-4-3-8-6(7)5(2)9-4/h4-5H,3H2,1-2H3. The van der Waals surface area contributed by atoms with Crippen LogP contribution in [0.5, 0.6) is 0 Å². The van der Waals surface area contributed by atoms with Crippen molar-refractivity contribution >= 4 is 17.7 Å². The SMILES string of the molecule is CC1COC(=O)C(C)S1. The summed E-state index contributed by atoms with van der Waals surface area (Å²) in [6.07, 6.45) is 0. The molecule has 1 heterocycles. The zero-order valence-corrected chi connectivity index (χ0v) is 6.40. The highest BCUT2D eigenvalue weighted by atomic mass is 32.2. The second-order valence-electron chi connectivity index (χ2n) is 2.22. The van der Waals surface area contributed by atoms with Gasteiger partial charge in [0.15, 0.2) is 0 Å². The molecule has 52 valence electrons. The zero-order chi connectivity index (χ0) is 6.85. The lowest BCUT2D eigenvalue weighted by atomic mass is 10.4. The van der Waals surface area contributed by atoms with Crippen molar-refractivity contribution < 1.29 is 9.53 Å². The zero-order valence-electron chi connectivity index (χ0n) is 5.59. The summed E-state index contributed by atoms with van der Waals surface area (Å²) in [6, 6.07) is 0. The Morgan fingerprint density at radius 1 is 1.67 bits per heavy atom. The summed E-state index contributed by atoms with van der Waals surface area (Å²) in [6.45, 7) is 4.52. The van der Waals surface area contributed by atoms with Crippen LogP contribution in [0.15, 0.2) is 0 Å². The quantitative estimate of drug-likeness (QED) is 0.478. The molecule has 0 spiro atoms. The Labute approximate surface area is 59.0 Å². The predicted molar refractivity (Wildman–Crippen MR) is 37.5 cm³/mol. The Kier molecular flexibility index (Phi) is 2.01. The van der Waals surface area contributed by atoms with E-state index in [-0.39, 0.29) is 11.2 Å². The molecule has 0 aliphatic carbocycles. The summed E-state index contributed by atoms with van der Waals surface area (Å²) in [4.78, 5) is 10.7. The normalized spacial score (nSPS) is 36.0. The van der Waals surface area contributed by atoms with E-state index < -0.39 is 0 Å². The molecule has 1 aliphatic heterocycles. The van der Waals surface area contributed by atoms with Gasteiger partial charge in [-0.1, -0.05) is 0 Å². The van der Waals surface area contributed by atoms with Crippen molar-refractivity contribution in [1.82, 2.24) is 0 Å². The van der Waals surface area contributed by atoms with E-state index in [1.54, 1.807) is 11.8 Å². The molecule has 0 aromatic heterocycles. The van der Waals surface area contributed by atoms with Crippen LogP contribution in [0.4, 0.5) is 0 Å². The molecule has 2 nitrogen and oxygen atoms in total. The lowest BCUT2D eigenvalue weighted by Crippen LogP contribution is -2.29. The minimum atomic E-state index is -0.0712. The van der Waals surface area contributed by atoms with Gasteiger partial charge in [0.2, 0.25) is 0 Å². The van der Waals surface area contributed by atoms with Crippen molar-refractivity contribution in [3.63, 3.8) is 0 Å². The maximum Gasteiger partial charge on any atom is 0.318 e. The number of hydrogen-bond donors (Lipinski definition) is 0. The van der Waals surface area contributed by atoms with Gasteiger partial charge < -0.3 is 4.74 Å². The Hall–Kier alpha value is -0.180. The van der Waals surface area contributed by atoms with Crippen LogP contribution in [0.1, 0.15) is 13.8 Å². The van der Waals surface area contributed by atoms with Gasteiger partial charge in [-0.25, -0.2) is 0 Å². The van der Waals surface area contributed by atoms with Crippen LogP contribution in [-0.2, 0) is 9.53 Å². The van der Waals surface area contributed by atoms with Gasteiger partial charge in [0.25, 0.3) is 0 Å². The van der Waals surface area contributed by atoms with E-state index in [0.717, 1.165) is 0 Å². The molecule has 0 saturated carbocycles. The van der Waals surface area contributed by atoms with Crippen LogP contribution in [0.2, 0.25) is 0 Å². The van der Waals surface area contributed by atoms with Crippen LogP contribution in [-0.4, -0.2) is 23.1 Å². The first kappa shape index (κ1) is 6.93. The smallest absolute Gasteiger partial charge is 0.318 e. The molecule has 0 radical (unpaired) electrons. The van der Waals surface area contributed by atoms with Gasteiger partial charge in [-0.2, -0.15) is 0 Å². The molecule has 0 aromatic rings. The predicted octanol–water partition coefficient (Wildman–Crippen LogP) is 1.05. The average molecular weight is 146 g/mol. The molecule has 0 amide bonds. The van der Waals surface area contributed by atoms with Crippen molar-refractivity contribution in [2.24, 2.45) is 0 Å². The number of carbonyl (C=O) groups is 1. The summed E-state index contributed by atoms with van der Waals surface area (Å²) in [5.74, 6) is -0.0712. The van der Waals surface area contributed by atoms with Gasteiger partial charge in [-0.15, -0.1) is 11.8 Å². The molecule has 2 atom stereocenters. The maximum atomic E-state index is 10.7. The van der Waals surface area contributed by atoms with Gasteiger partial charge in [0.1, 0.15) is 6.61 Å². The molecule has 1 aliphatic rings. The number of esters is 1. The molecule has 0 aromatic carbocycles. The molecular weight excluding hydrogens is 136 g/mol. The molecule has 3 heteroatoms. The van der Waals surface area contributed by atoms with E-state index in [9.17, 15) is 4.79 Å². The number of carbonyl (C=O) groups excluding carboxylic acids is 1. The minimum Gasteiger partial charge on any atom is -0.464 e. The third kappa shape index (κ3) is 1.61. The van der Waals surface area contributed by atoms with E-state index in [1.165, 1.54) is 0 Å². The number of rotatable bonds is 0. The van der Waals surface area contributed by atoms with E-state index in [1.807, 2.05) is 6.92 Å². The van der Waals surface area contributed by atoms with Crippen molar-refractivity contribution in [1.29, 1.82) is 0 Å². The first-order chi connectivity index (χ1) is 4.20. The van der Waals surface area contributed by atoms with E-state index in [4.69, 9.17) is 4.74 Å². The largest absolute Gasteiger partial charge is 0.464 e. The first-order valence-corrected chi connectivity index (χ1v) is 3.96. The summed E-state index contributed by atoms with van der Waals surface area (Å²) in [7, 11) is 0. The van der Waals surface area contributed by atoms with Crippen molar-refractivity contribution in [3.05, 3.63) is 0 Å². The number of thioether (sulfide) groups is 1. The van der Waals surface area contributed by atoms with Gasteiger partial charge in [0.05, 0.1) is 5.25 Å². The van der Waals surface area contributed by atoms with Crippen molar-refractivity contribution in [3.8, 4) is 0 Å². The molecule has 2 unspecified atom stereocenters. The molecule has 1 fully saturated rings. The van der Waals surface area contributed by atoms with E-state index >= 15 is 0 Å². The highest BCUT2D eigenvalue weighted by Gasteiger charge is 2.24. The Morgan fingerprint density at radius 2 is 2.33 bits per heavy atom. The Morgan fingerprint density at radius 3 is 2.78 bits per heavy atom. The second kappa shape index (κ2) is 2.60. The van der Waals surface area contributed by atoms with Gasteiger partial charge in [-0.05, 0) is 13.8 Å². The third-order valence-electron chi connectivity index (χ3n) is 1.23. The van der Waals surface area contributed by atoms with Crippen LogP contribution in [0.25, 0.3) is 0 Å². The summed E-state index contributed by atoms with van der Waals surface area (Å²) >= 11 is 1.67. The molecule has 1 saturated heterocycles. The molecular formula is C6H10O2S. The van der Waals surface area contributed by atoms with Crippen LogP contribution in [0.3, 0.4) is 0 Å². The van der Waals surface area contributed by atoms with Crippen LogP contribution in [0, 0.1) is 0 Å². The molecule has 9 heavy (non-hydrogen) atoms.